The van der Waals surface area contributed by atoms with Crippen LogP contribution < -0.4 is 0 Å². The zero-order valence-corrected chi connectivity index (χ0v) is 13.1. The normalized spacial score (nSPS) is 24.7. The Balaban J connectivity index is 2.29. The van der Waals surface area contributed by atoms with Crippen LogP contribution in [0.25, 0.3) is 0 Å². The van der Waals surface area contributed by atoms with Gasteiger partial charge in [-0.25, -0.2) is 13.4 Å². The highest BCUT2D eigenvalue weighted by Crippen LogP contribution is 2.30. The predicted molar refractivity (Wildman–Crippen MR) is 75.2 cm³/mol. The molecular formula is C12H18N2O4S2. The van der Waals surface area contributed by atoms with E-state index in [9.17, 15) is 13.2 Å². The van der Waals surface area contributed by atoms with E-state index in [1.165, 1.54) is 10.5 Å². The summed E-state index contributed by atoms with van der Waals surface area (Å²) in [5, 5.41) is 9.86. The zero-order valence-electron chi connectivity index (χ0n) is 11.4. The number of hydrogen-bond acceptors (Lipinski definition) is 5. The van der Waals surface area contributed by atoms with Gasteiger partial charge in [0, 0.05) is 12.6 Å². The van der Waals surface area contributed by atoms with Gasteiger partial charge in [-0.05, 0) is 26.2 Å². The Bertz CT molecular complexity index is 596. The van der Waals surface area contributed by atoms with Gasteiger partial charge in [0.15, 0.2) is 4.21 Å². The number of nitrogens with zero attached hydrogens (tertiary/aromatic N) is 2. The molecule has 0 radical (unpaired) electrons. The number of hydrogen-bond donors (Lipinski definition) is 1. The van der Waals surface area contributed by atoms with Gasteiger partial charge in [0.2, 0.25) is 0 Å². The van der Waals surface area contributed by atoms with Gasteiger partial charge in [-0.3, -0.25) is 4.79 Å². The molecule has 8 heteroatoms. The number of aliphatic carboxylic acids is 1. The molecule has 0 spiro atoms. The van der Waals surface area contributed by atoms with E-state index in [1.807, 2.05) is 13.8 Å². The average molecular weight is 318 g/mol. The molecule has 1 aliphatic rings. The predicted octanol–water partition coefficient (Wildman–Crippen LogP) is 1.58. The lowest BCUT2D eigenvalue weighted by atomic mass is 9.96. The molecule has 0 aromatic carbocycles. The first kappa shape index (κ1) is 15.4. The van der Waals surface area contributed by atoms with Crippen LogP contribution in [-0.2, 0) is 21.2 Å². The smallest absolute Gasteiger partial charge is 0.307 e. The molecular weight excluding hydrogens is 300 g/mol. The average Bonchev–Trinajstić information content (AvgIpc) is 2.88. The van der Waals surface area contributed by atoms with Crippen LogP contribution in [0.3, 0.4) is 0 Å². The molecule has 2 atom stereocenters. The Morgan fingerprint density at radius 2 is 2.25 bits per heavy atom. The minimum atomic E-state index is -3.64. The second kappa shape index (κ2) is 5.79. The molecule has 0 bridgehead atoms. The summed E-state index contributed by atoms with van der Waals surface area (Å²) in [6.07, 6.45) is 3.14. The van der Waals surface area contributed by atoms with Crippen molar-refractivity contribution in [1.82, 2.24) is 9.29 Å². The summed E-state index contributed by atoms with van der Waals surface area (Å²) in [4.78, 5) is 15.2. The van der Waals surface area contributed by atoms with Crippen LogP contribution in [0.1, 0.15) is 31.7 Å². The van der Waals surface area contributed by atoms with Crippen molar-refractivity contribution < 1.29 is 18.3 Å². The molecule has 1 saturated heterocycles. The van der Waals surface area contributed by atoms with Crippen molar-refractivity contribution in [2.75, 3.05) is 6.54 Å². The van der Waals surface area contributed by atoms with Crippen molar-refractivity contribution >= 4 is 27.3 Å². The summed E-state index contributed by atoms with van der Waals surface area (Å²) in [6, 6.07) is -0.178. The van der Waals surface area contributed by atoms with Gasteiger partial charge in [0.25, 0.3) is 10.0 Å². The van der Waals surface area contributed by atoms with E-state index in [0.717, 1.165) is 16.3 Å². The van der Waals surface area contributed by atoms with Crippen LogP contribution in [0.15, 0.2) is 10.4 Å². The highest BCUT2D eigenvalue weighted by molar-refractivity contribution is 7.91. The third-order valence-corrected chi connectivity index (χ3v) is 7.13. The summed E-state index contributed by atoms with van der Waals surface area (Å²) in [6.45, 7) is 3.77. The zero-order chi connectivity index (χ0) is 14.9. The molecule has 20 heavy (non-hydrogen) atoms. The van der Waals surface area contributed by atoms with Crippen LogP contribution in [0.2, 0.25) is 0 Å². The molecule has 2 unspecified atom stereocenters. The number of carboxylic acid groups (broad SMARTS) is 1. The fourth-order valence-electron chi connectivity index (χ4n) is 2.30. The van der Waals surface area contributed by atoms with Crippen molar-refractivity contribution in [3.05, 3.63) is 11.2 Å². The first-order valence-corrected chi connectivity index (χ1v) is 8.81. The lowest BCUT2D eigenvalue weighted by Gasteiger charge is -2.34. The van der Waals surface area contributed by atoms with Crippen molar-refractivity contribution in [3.8, 4) is 0 Å². The molecule has 0 aliphatic carbocycles. The van der Waals surface area contributed by atoms with Gasteiger partial charge in [-0.15, -0.1) is 11.3 Å². The van der Waals surface area contributed by atoms with Gasteiger partial charge in [0.05, 0.1) is 17.1 Å². The molecule has 1 fully saturated rings. The lowest BCUT2D eigenvalue weighted by molar-refractivity contribution is -0.143. The molecule has 1 aromatic heterocycles. The third kappa shape index (κ3) is 2.87. The Kier molecular flexibility index (Phi) is 4.46. The summed E-state index contributed by atoms with van der Waals surface area (Å²) in [7, 11) is -3.64. The molecule has 0 saturated carbocycles. The second-order valence-corrected chi connectivity index (χ2v) is 8.20. The monoisotopic (exact) mass is 318 g/mol. The number of thiazole rings is 1. The van der Waals surface area contributed by atoms with Gasteiger partial charge >= 0.3 is 5.97 Å². The number of aryl methyl sites for hydroxylation is 1. The van der Waals surface area contributed by atoms with E-state index in [0.29, 0.717) is 19.3 Å². The Labute approximate surface area is 122 Å². The SMILES string of the molecule is CCc1ncc(S(=O)(=O)N2CC(C(=O)O)CCC2C)s1. The number of rotatable bonds is 4. The lowest BCUT2D eigenvalue weighted by Crippen LogP contribution is -2.47. The molecule has 6 nitrogen and oxygen atoms in total. The third-order valence-electron chi connectivity index (χ3n) is 3.57. The minimum Gasteiger partial charge on any atom is -0.481 e. The largest absolute Gasteiger partial charge is 0.481 e. The van der Waals surface area contributed by atoms with E-state index in [1.54, 1.807) is 0 Å². The van der Waals surface area contributed by atoms with Crippen molar-refractivity contribution in [2.45, 2.75) is 43.4 Å². The molecule has 2 heterocycles. The van der Waals surface area contributed by atoms with Crippen molar-refractivity contribution in [1.29, 1.82) is 0 Å². The van der Waals surface area contributed by atoms with Crippen molar-refractivity contribution in [3.63, 3.8) is 0 Å². The van der Waals surface area contributed by atoms with Crippen LogP contribution >= 0.6 is 11.3 Å². The quantitative estimate of drug-likeness (QED) is 0.910. The second-order valence-electron chi connectivity index (χ2n) is 4.96. The van der Waals surface area contributed by atoms with Crippen LogP contribution in [0.4, 0.5) is 0 Å². The Hall–Kier alpha value is -0.990. The van der Waals surface area contributed by atoms with E-state index in [-0.39, 0.29) is 16.8 Å². The summed E-state index contributed by atoms with van der Waals surface area (Å²) in [5.41, 5.74) is 0. The van der Waals surface area contributed by atoms with Crippen LogP contribution in [0, 0.1) is 5.92 Å². The van der Waals surface area contributed by atoms with Crippen LogP contribution in [0.5, 0.6) is 0 Å². The van der Waals surface area contributed by atoms with E-state index < -0.39 is 21.9 Å². The molecule has 0 amide bonds. The maximum atomic E-state index is 12.6. The minimum absolute atomic E-state index is 0.0399. The molecule has 112 valence electrons. The maximum Gasteiger partial charge on any atom is 0.307 e. The molecule has 1 aromatic rings. The summed E-state index contributed by atoms with van der Waals surface area (Å²) < 4.78 is 26.7. The highest BCUT2D eigenvalue weighted by atomic mass is 32.2. The van der Waals surface area contributed by atoms with Gasteiger partial charge in [0.1, 0.15) is 0 Å². The Morgan fingerprint density at radius 3 is 2.80 bits per heavy atom. The number of carboxylic acids is 1. The number of carbonyl (C=O) groups is 1. The first-order chi connectivity index (χ1) is 9.36. The summed E-state index contributed by atoms with van der Waals surface area (Å²) >= 11 is 1.16. The fourth-order valence-corrected chi connectivity index (χ4v) is 5.26. The molecule has 2 rings (SSSR count). The fraction of sp³-hybridized carbons (Fsp3) is 0.667. The van der Waals surface area contributed by atoms with E-state index >= 15 is 0 Å². The number of aromatic nitrogens is 1. The van der Waals surface area contributed by atoms with Gasteiger partial charge < -0.3 is 5.11 Å². The summed E-state index contributed by atoms with van der Waals surface area (Å²) in [5.74, 6) is -1.56. The molecule has 1 aliphatic heterocycles. The Morgan fingerprint density at radius 1 is 1.55 bits per heavy atom. The van der Waals surface area contributed by atoms with E-state index in [2.05, 4.69) is 4.98 Å². The van der Waals surface area contributed by atoms with Gasteiger partial charge in [-0.2, -0.15) is 4.31 Å². The number of sulfonamides is 1. The van der Waals surface area contributed by atoms with E-state index in [4.69, 9.17) is 5.11 Å². The standard InChI is InChI=1S/C12H18N2O4S2/c1-3-10-13-6-11(19-10)20(17,18)14-7-9(12(15)16)5-4-8(14)2/h6,8-9H,3-5,7H2,1-2H3,(H,15,16). The van der Waals surface area contributed by atoms with Crippen LogP contribution in [-0.4, -0.2) is 41.4 Å². The highest BCUT2D eigenvalue weighted by Gasteiger charge is 2.38. The van der Waals surface area contributed by atoms with Gasteiger partial charge in [-0.1, -0.05) is 6.92 Å². The molecule has 1 N–H and O–H groups in total. The number of piperidine rings is 1. The first-order valence-electron chi connectivity index (χ1n) is 6.55. The topological polar surface area (TPSA) is 87.6 Å². The maximum absolute atomic E-state index is 12.6. The van der Waals surface area contributed by atoms with Crippen molar-refractivity contribution in [2.24, 2.45) is 5.92 Å².